The molecule has 0 aliphatic rings. The Kier molecular flexibility index (Phi) is 5.29. The molecule has 2 aromatic carbocycles. The predicted molar refractivity (Wildman–Crippen MR) is 117 cm³/mol. The van der Waals surface area contributed by atoms with Crippen LogP contribution in [0.4, 0.5) is 0 Å². The van der Waals surface area contributed by atoms with Crippen molar-refractivity contribution in [3.05, 3.63) is 99.2 Å². The lowest BCUT2D eigenvalue weighted by Gasteiger charge is -2.10. The average Bonchev–Trinajstić information content (AvgIpc) is 3.06. The zero-order chi connectivity index (χ0) is 22.1. The van der Waals surface area contributed by atoms with E-state index in [1.54, 1.807) is 30.3 Å². The van der Waals surface area contributed by atoms with E-state index in [0.29, 0.717) is 16.5 Å². The topological polar surface area (TPSA) is 78.5 Å². The molecule has 2 heterocycles. The van der Waals surface area contributed by atoms with E-state index in [1.165, 1.54) is 6.07 Å². The molecule has 0 amide bonds. The number of fused-ring (bicyclic) bond motifs is 1. The van der Waals surface area contributed by atoms with Crippen molar-refractivity contribution >= 4 is 22.7 Å². The fraction of sp³-hybridized carbons (Fsp3) is 0.160. The minimum Gasteiger partial charge on any atom is -0.453 e. The summed E-state index contributed by atoms with van der Waals surface area (Å²) in [4.78, 5) is 37.3. The number of aryl methyl sites for hydroxylation is 2. The van der Waals surface area contributed by atoms with Crippen molar-refractivity contribution in [3.63, 3.8) is 0 Å². The van der Waals surface area contributed by atoms with E-state index in [9.17, 15) is 14.4 Å². The summed E-state index contributed by atoms with van der Waals surface area (Å²) in [5.74, 6) is -1.23. The van der Waals surface area contributed by atoms with E-state index in [4.69, 9.17) is 9.15 Å². The number of para-hydroxylation sites is 1. The third kappa shape index (κ3) is 3.92. The van der Waals surface area contributed by atoms with Crippen LogP contribution in [-0.4, -0.2) is 22.9 Å². The molecular formula is C25H21NO5. The van der Waals surface area contributed by atoms with Gasteiger partial charge in [0.15, 0.2) is 6.61 Å². The maximum Gasteiger partial charge on any atom is 0.351 e. The van der Waals surface area contributed by atoms with E-state index < -0.39 is 18.2 Å². The van der Waals surface area contributed by atoms with Gasteiger partial charge in [0.1, 0.15) is 11.1 Å². The Morgan fingerprint density at radius 3 is 2.39 bits per heavy atom. The third-order valence-corrected chi connectivity index (χ3v) is 5.22. The lowest BCUT2D eigenvalue weighted by Crippen LogP contribution is -2.20. The third-order valence-electron chi connectivity index (χ3n) is 5.22. The summed E-state index contributed by atoms with van der Waals surface area (Å²) in [5.41, 5.74) is 3.56. The Hall–Kier alpha value is -3.93. The van der Waals surface area contributed by atoms with Crippen molar-refractivity contribution in [3.8, 4) is 5.69 Å². The van der Waals surface area contributed by atoms with Crippen LogP contribution in [0.1, 0.15) is 37.7 Å². The van der Waals surface area contributed by atoms with Crippen LogP contribution in [0.25, 0.3) is 16.7 Å². The van der Waals surface area contributed by atoms with E-state index >= 15 is 0 Å². The van der Waals surface area contributed by atoms with Gasteiger partial charge in [-0.05, 0) is 51.1 Å². The van der Waals surface area contributed by atoms with Gasteiger partial charge >= 0.3 is 11.6 Å². The van der Waals surface area contributed by atoms with Crippen molar-refractivity contribution < 1.29 is 18.7 Å². The van der Waals surface area contributed by atoms with Gasteiger partial charge < -0.3 is 13.7 Å². The SMILES string of the molecule is Cc1ccc(-n2c(C)cc(C(=O)COC(=O)c3cc4ccccc4oc3=O)c2C)cc1. The van der Waals surface area contributed by atoms with Gasteiger partial charge in [0.25, 0.3) is 0 Å². The summed E-state index contributed by atoms with van der Waals surface area (Å²) in [6.07, 6.45) is 0. The van der Waals surface area contributed by atoms with Gasteiger partial charge in [-0.25, -0.2) is 9.59 Å². The molecular weight excluding hydrogens is 394 g/mol. The first kappa shape index (κ1) is 20.3. The Morgan fingerprint density at radius 2 is 1.65 bits per heavy atom. The van der Waals surface area contributed by atoms with Gasteiger partial charge in [-0.2, -0.15) is 0 Å². The van der Waals surface area contributed by atoms with Gasteiger partial charge in [-0.1, -0.05) is 35.9 Å². The number of esters is 1. The minimum absolute atomic E-state index is 0.239. The number of hydrogen-bond donors (Lipinski definition) is 0. The summed E-state index contributed by atoms with van der Waals surface area (Å²) >= 11 is 0. The van der Waals surface area contributed by atoms with Crippen LogP contribution in [0.5, 0.6) is 0 Å². The van der Waals surface area contributed by atoms with Crippen molar-refractivity contribution in [2.75, 3.05) is 6.61 Å². The molecule has 4 rings (SSSR count). The van der Waals surface area contributed by atoms with Crippen molar-refractivity contribution in [2.24, 2.45) is 0 Å². The number of ketones is 1. The molecule has 0 saturated heterocycles. The van der Waals surface area contributed by atoms with Gasteiger partial charge in [0.05, 0.1) is 0 Å². The number of nitrogens with zero attached hydrogens (tertiary/aromatic N) is 1. The normalized spacial score (nSPS) is 10.9. The molecule has 0 unspecified atom stereocenters. The molecule has 0 aliphatic heterocycles. The highest BCUT2D eigenvalue weighted by Gasteiger charge is 2.20. The summed E-state index contributed by atoms with van der Waals surface area (Å²) in [7, 11) is 0. The monoisotopic (exact) mass is 415 g/mol. The summed E-state index contributed by atoms with van der Waals surface area (Å²) in [6, 6.07) is 18.0. The molecule has 0 atom stereocenters. The average molecular weight is 415 g/mol. The molecule has 156 valence electrons. The summed E-state index contributed by atoms with van der Waals surface area (Å²) in [5, 5.41) is 0.599. The number of carbonyl (C=O) groups excluding carboxylic acids is 2. The number of rotatable bonds is 5. The van der Waals surface area contributed by atoms with Crippen LogP contribution < -0.4 is 5.63 Å². The van der Waals surface area contributed by atoms with Crippen LogP contribution in [0.2, 0.25) is 0 Å². The van der Waals surface area contributed by atoms with Crippen LogP contribution >= 0.6 is 0 Å². The maximum absolute atomic E-state index is 12.8. The van der Waals surface area contributed by atoms with Crippen LogP contribution in [0.15, 0.2) is 69.9 Å². The lowest BCUT2D eigenvalue weighted by atomic mass is 10.1. The number of Topliss-reactive ketones (excluding diaryl/α,β-unsaturated/α-hetero) is 1. The standard InChI is InChI=1S/C25H21NO5/c1-15-8-10-19(11-9-15)26-16(2)12-20(17(26)3)22(27)14-30-24(28)21-13-18-6-4-5-7-23(18)31-25(21)29/h4-13H,14H2,1-3H3. The second-order valence-electron chi connectivity index (χ2n) is 7.44. The fourth-order valence-corrected chi connectivity index (χ4v) is 3.63. The smallest absolute Gasteiger partial charge is 0.351 e. The first-order valence-corrected chi connectivity index (χ1v) is 9.84. The van der Waals surface area contributed by atoms with Crippen LogP contribution in [-0.2, 0) is 4.74 Å². The zero-order valence-corrected chi connectivity index (χ0v) is 17.5. The molecule has 4 aromatic rings. The maximum atomic E-state index is 12.8. The Labute approximate surface area is 178 Å². The van der Waals surface area contributed by atoms with E-state index in [0.717, 1.165) is 22.6 Å². The molecule has 0 radical (unpaired) electrons. The first-order valence-electron chi connectivity index (χ1n) is 9.84. The molecule has 2 aromatic heterocycles. The van der Waals surface area contributed by atoms with Crippen molar-refractivity contribution in [1.82, 2.24) is 4.57 Å². The van der Waals surface area contributed by atoms with Crippen molar-refractivity contribution in [1.29, 1.82) is 0 Å². The van der Waals surface area contributed by atoms with E-state index in [-0.39, 0.29) is 11.3 Å². The predicted octanol–water partition coefficient (Wildman–Crippen LogP) is 4.55. The lowest BCUT2D eigenvalue weighted by molar-refractivity contribution is 0.0470. The highest BCUT2D eigenvalue weighted by Crippen LogP contribution is 2.22. The number of ether oxygens (including phenoxy) is 1. The second-order valence-corrected chi connectivity index (χ2v) is 7.44. The molecule has 0 N–H and O–H groups in total. The molecule has 0 aliphatic carbocycles. The highest BCUT2D eigenvalue weighted by molar-refractivity contribution is 6.01. The first-order chi connectivity index (χ1) is 14.8. The van der Waals surface area contributed by atoms with Crippen LogP contribution in [0, 0.1) is 20.8 Å². The molecule has 31 heavy (non-hydrogen) atoms. The van der Waals surface area contributed by atoms with Gasteiger partial charge in [0, 0.05) is 28.0 Å². The Balaban J connectivity index is 1.54. The van der Waals surface area contributed by atoms with Gasteiger partial charge in [-0.15, -0.1) is 0 Å². The van der Waals surface area contributed by atoms with Crippen LogP contribution in [0.3, 0.4) is 0 Å². The second kappa shape index (κ2) is 8.07. The number of benzene rings is 2. The summed E-state index contributed by atoms with van der Waals surface area (Å²) in [6.45, 7) is 5.30. The van der Waals surface area contributed by atoms with Crippen molar-refractivity contribution in [2.45, 2.75) is 20.8 Å². The largest absolute Gasteiger partial charge is 0.453 e. The molecule has 0 bridgehead atoms. The van der Waals surface area contributed by atoms with E-state index in [1.807, 2.05) is 49.6 Å². The molecule has 6 nitrogen and oxygen atoms in total. The number of aromatic nitrogens is 1. The minimum atomic E-state index is -0.889. The number of carbonyl (C=O) groups is 2. The summed E-state index contributed by atoms with van der Waals surface area (Å²) < 4.78 is 12.3. The fourth-order valence-electron chi connectivity index (χ4n) is 3.63. The highest BCUT2D eigenvalue weighted by atomic mass is 16.5. The zero-order valence-electron chi connectivity index (χ0n) is 17.5. The quantitative estimate of drug-likeness (QED) is 0.271. The molecule has 0 spiro atoms. The number of hydrogen-bond acceptors (Lipinski definition) is 5. The molecule has 6 heteroatoms. The molecule has 0 fully saturated rings. The molecule has 0 saturated carbocycles. The van der Waals surface area contributed by atoms with E-state index in [2.05, 4.69) is 0 Å². The Bertz CT molecular complexity index is 1360. The Morgan fingerprint density at radius 1 is 0.935 bits per heavy atom. The van der Waals surface area contributed by atoms with Gasteiger partial charge in [-0.3, -0.25) is 4.79 Å². The van der Waals surface area contributed by atoms with Gasteiger partial charge in [0.2, 0.25) is 5.78 Å².